The Hall–Kier alpha value is -1.69. The van der Waals surface area contributed by atoms with Crippen molar-refractivity contribution in [1.82, 2.24) is 9.97 Å². The number of ether oxygens (including phenoxy) is 2. The molecule has 6 nitrogen and oxygen atoms in total. The van der Waals surface area contributed by atoms with Crippen LogP contribution in [0.2, 0.25) is 0 Å². The van der Waals surface area contributed by atoms with E-state index in [0.29, 0.717) is 23.8 Å². The zero-order chi connectivity index (χ0) is 13.8. The summed E-state index contributed by atoms with van der Waals surface area (Å²) >= 11 is 0. The molecule has 0 bridgehead atoms. The number of nitrogens with zero attached hydrogens (tertiary/aromatic N) is 2. The minimum Gasteiger partial charge on any atom is -0.465 e. The predicted octanol–water partition coefficient (Wildman–Crippen LogP) is 1.41. The predicted molar refractivity (Wildman–Crippen MR) is 67.7 cm³/mol. The molecule has 0 radical (unpaired) electrons. The van der Waals surface area contributed by atoms with Crippen molar-refractivity contribution in [3.05, 3.63) is 17.6 Å². The Bertz CT molecular complexity index is 433. The number of anilines is 1. The quantitative estimate of drug-likeness (QED) is 0.800. The number of aromatic nitrogens is 2. The number of methoxy groups -OCH3 is 2. The molecule has 1 aromatic heterocycles. The van der Waals surface area contributed by atoms with Gasteiger partial charge in [0.2, 0.25) is 0 Å². The molecule has 0 unspecified atom stereocenters. The van der Waals surface area contributed by atoms with E-state index in [2.05, 4.69) is 15.3 Å². The fourth-order valence-corrected chi connectivity index (χ4v) is 1.54. The smallest absolute Gasteiger partial charge is 0.343 e. The Labute approximate surface area is 107 Å². The lowest BCUT2D eigenvalue weighted by atomic mass is 10.1. The molecule has 1 heterocycles. The van der Waals surface area contributed by atoms with Crippen molar-refractivity contribution >= 4 is 11.8 Å². The van der Waals surface area contributed by atoms with Gasteiger partial charge < -0.3 is 14.8 Å². The van der Waals surface area contributed by atoms with Gasteiger partial charge in [0.05, 0.1) is 19.3 Å². The third-order valence-electron chi connectivity index (χ3n) is 2.28. The van der Waals surface area contributed by atoms with Crippen LogP contribution >= 0.6 is 0 Å². The summed E-state index contributed by atoms with van der Waals surface area (Å²) in [5, 5.41) is 3.17. The van der Waals surface area contributed by atoms with Crippen LogP contribution in [0.5, 0.6) is 0 Å². The van der Waals surface area contributed by atoms with Crippen LogP contribution in [0.3, 0.4) is 0 Å². The lowest BCUT2D eigenvalue weighted by Crippen LogP contribution is -2.37. The summed E-state index contributed by atoms with van der Waals surface area (Å²) in [6.45, 7) is 6.15. The molecule has 100 valence electrons. The number of aryl methyl sites for hydroxylation is 1. The van der Waals surface area contributed by atoms with Gasteiger partial charge in [-0.1, -0.05) is 0 Å². The molecule has 0 aliphatic heterocycles. The molecule has 0 spiro atoms. The SMILES string of the molecule is COCC(C)(C)Nc1nc(C)ncc1C(=O)OC. The second-order valence-electron chi connectivity index (χ2n) is 4.61. The van der Waals surface area contributed by atoms with Gasteiger partial charge in [-0.2, -0.15) is 0 Å². The van der Waals surface area contributed by atoms with Crippen molar-refractivity contribution in [3.63, 3.8) is 0 Å². The molecule has 0 aliphatic carbocycles. The van der Waals surface area contributed by atoms with Crippen LogP contribution in [0.15, 0.2) is 6.20 Å². The van der Waals surface area contributed by atoms with Gasteiger partial charge >= 0.3 is 5.97 Å². The average molecular weight is 253 g/mol. The topological polar surface area (TPSA) is 73.3 Å². The van der Waals surface area contributed by atoms with E-state index in [0.717, 1.165) is 0 Å². The second kappa shape index (κ2) is 5.77. The van der Waals surface area contributed by atoms with Crippen LogP contribution in [0, 0.1) is 6.92 Å². The first-order chi connectivity index (χ1) is 8.39. The van der Waals surface area contributed by atoms with Crippen LogP contribution < -0.4 is 5.32 Å². The van der Waals surface area contributed by atoms with Crippen LogP contribution in [-0.4, -0.2) is 42.3 Å². The van der Waals surface area contributed by atoms with Gasteiger partial charge in [-0.15, -0.1) is 0 Å². The standard InChI is InChI=1S/C12H19N3O3/c1-8-13-6-9(11(16)18-5)10(14-8)15-12(2,3)7-17-4/h6H,7H2,1-5H3,(H,13,14,15). The summed E-state index contributed by atoms with van der Waals surface area (Å²) in [6, 6.07) is 0. The molecule has 18 heavy (non-hydrogen) atoms. The molecule has 0 aromatic carbocycles. The molecule has 0 aliphatic rings. The lowest BCUT2D eigenvalue weighted by molar-refractivity contribution is 0.0600. The Morgan fingerprint density at radius 2 is 2.11 bits per heavy atom. The molecule has 0 saturated carbocycles. The molecular formula is C12H19N3O3. The summed E-state index contributed by atoms with van der Waals surface area (Å²) in [5.74, 6) is 0.570. The Kier molecular flexibility index (Phi) is 4.61. The monoisotopic (exact) mass is 253 g/mol. The summed E-state index contributed by atoms with van der Waals surface area (Å²) in [4.78, 5) is 19.8. The van der Waals surface area contributed by atoms with E-state index < -0.39 is 5.97 Å². The zero-order valence-corrected chi connectivity index (χ0v) is 11.4. The summed E-state index contributed by atoms with van der Waals surface area (Å²) in [7, 11) is 2.95. The van der Waals surface area contributed by atoms with Crippen LogP contribution in [0.1, 0.15) is 30.0 Å². The number of hydrogen-bond acceptors (Lipinski definition) is 6. The maximum absolute atomic E-state index is 11.6. The fraction of sp³-hybridized carbons (Fsp3) is 0.583. The van der Waals surface area contributed by atoms with Crippen LogP contribution in [0.25, 0.3) is 0 Å². The van der Waals surface area contributed by atoms with Crippen molar-refractivity contribution in [2.24, 2.45) is 0 Å². The number of hydrogen-bond donors (Lipinski definition) is 1. The third kappa shape index (κ3) is 3.66. The number of carbonyl (C=O) groups excluding carboxylic acids is 1. The van der Waals surface area contributed by atoms with E-state index in [4.69, 9.17) is 9.47 Å². The van der Waals surface area contributed by atoms with E-state index in [-0.39, 0.29) is 5.54 Å². The van der Waals surface area contributed by atoms with E-state index in [1.165, 1.54) is 13.3 Å². The maximum atomic E-state index is 11.6. The zero-order valence-electron chi connectivity index (χ0n) is 11.4. The van der Waals surface area contributed by atoms with Gasteiger partial charge in [0.15, 0.2) is 0 Å². The number of carbonyl (C=O) groups is 1. The van der Waals surface area contributed by atoms with Gasteiger partial charge in [0.25, 0.3) is 0 Å². The number of nitrogens with one attached hydrogen (secondary N) is 1. The highest BCUT2D eigenvalue weighted by Gasteiger charge is 2.22. The summed E-state index contributed by atoms with van der Waals surface area (Å²) in [6.07, 6.45) is 1.46. The first-order valence-corrected chi connectivity index (χ1v) is 5.58. The molecule has 1 N–H and O–H groups in total. The van der Waals surface area contributed by atoms with E-state index >= 15 is 0 Å². The molecule has 0 amide bonds. The van der Waals surface area contributed by atoms with Crippen LogP contribution in [0.4, 0.5) is 5.82 Å². The van der Waals surface area contributed by atoms with Gasteiger partial charge in [-0.05, 0) is 20.8 Å². The van der Waals surface area contributed by atoms with Crippen molar-refractivity contribution in [2.75, 3.05) is 26.1 Å². The Morgan fingerprint density at radius 3 is 2.67 bits per heavy atom. The fourth-order valence-electron chi connectivity index (χ4n) is 1.54. The largest absolute Gasteiger partial charge is 0.465 e. The number of rotatable bonds is 5. The van der Waals surface area contributed by atoms with Crippen molar-refractivity contribution in [2.45, 2.75) is 26.3 Å². The minimum atomic E-state index is -0.467. The Morgan fingerprint density at radius 1 is 1.44 bits per heavy atom. The van der Waals surface area contributed by atoms with E-state index in [1.54, 1.807) is 14.0 Å². The minimum absolute atomic E-state index is 0.312. The molecule has 1 rings (SSSR count). The number of esters is 1. The molecular weight excluding hydrogens is 234 g/mol. The third-order valence-corrected chi connectivity index (χ3v) is 2.28. The molecule has 0 saturated heterocycles. The highest BCUT2D eigenvalue weighted by atomic mass is 16.5. The van der Waals surface area contributed by atoms with Gasteiger partial charge in [0, 0.05) is 13.3 Å². The highest BCUT2D eigenvalue weighted by Crippen LogP contribution is 2.18. The average Bonchev–Trinajstić information content (AvgIpc) is 2.27. The maximum Gasteiger partial charge on any atom is 0.343 e. The molecule has 0 fully saturated rings. The van der Waals surface area contributed by atoms with Crippen LogP contribution in [-0.2, 0) is 9.47 Å². The molecule has 1 aromatic rings. The van der Waals surface area contributed by atoms with Gasteiger partial charge in [-0.25, -0.2) is 14.8 Å². The summed E-state index contributed by atoms with van der Waals surface area (Å²) < 4.78 is 9.81. The van der Waals surface area contributed by atoms with Crippen molar-refractivity contribution < 1.29 is 14.3 Å². The summed E-state index contributed by atoms with van der Waals surface area (Å²) in [5.41, 5.74) is -0.0366. The first-order valence-electron chi connectivity index (χ1n) is 5.58. The molecule has 0 atom stereocenters. The van der Waals surface area contributed by atoms with E-state index in [9.17, 15) is 4.79 Å². The first kappa shape index (κ1) is 14.4. The highest BCUT2D eigenvalue weighted by molar-refractivity contribution is 5.94. The molecule has 6 heteroatoms. The second-order valence-corrected chi connectivity index (χ2v) is 4.61. The van der Waals surface area contributed by atoms with E-state index in [1.807, 2.05) is 13.8 Å². The normalized spacial score (nSPS) is 11.2. The Balaban J connectivity index is 3.06. The van der Waals surface area contributed by atoms with Crippen molar-refractivity contribution in [3.8, 4) is 0 Å². The van der Waals surface area contributed by atoms with Gasteiger partial charge in [0.1, 0.15) is 17.2 Å². The van der Waals surface area contributed by atoms with Crippen molar-refractivity contribution in [1.29, 1.82) is 0 Å². The lowest BCUT2D eigenvalue weighted by Gasteiger charge is -2.26. The van der Waals surface area contributed by atoms with Gasteiger partial charge in [-0.3, -0.25) is 0 Å².